The number of rotatable bonds is 1. The van der Waals surface area contributed by atoms with Crippen molar-refractivity contribution in [1.82, 2.24) is 0 Å². The zero-order chi connectivity index (χ0) is 9.50. The van der Waals surface area contributed by atoms with Gasteiger partial charge >= 0.3 is 16.4 Å². The second-order valence-electron chi connectivity index (χ2n) is 2.45. The van der Waals surface area contributed by atoms with Crippen LogP contribution >= 0.6 is 0 Å². The molecule has 0 aliphatic rings. The molecule has 0 heterocycles. The van der Waals surface area contributed by atoms with E-state index in [0.717, 1.165) is 0 Å². The lowest BCUT2D eigenvalue weighted by atomic mass is 10.2. The van der Waals surface area contributed by atoms with Crippen molar-refractivity contribution >= 4 is 10.2 Å². The largest absolute Gasteiger partial charge is 0.410 e. The van der Waals surface area contributed by atoms with Crippen LogP contribution in [0.2, 0.25) is 0 Å². The van der Waals surface area contributed by atoms with Gasteiger partial charge in [-0.3, -0.25) is 0 Å². The normalized spacial score (nSPS) is 15.1. The van der Waals surface area contributed by atoms with E-state index in [9.17, 15) is 25.5 Å². The van der Waals surface area contributed by atoms with Crippen LogP contribution in [0.1, 0.15) is 13.8 Å². The Morgan fingerprint density at radius 1 is 1.09 bits per heavy atom. The summed E-state index contributed by atoms with van der Waals surface area (Å²) in [6.45, 7) is 0.532. The van der Waals surface area contributed by atoms with E-state index in [1.165, 1.54) is 0 Å². The van der Waals surface area contributed by atoms with E-state index in [1.54, 1.807) is 0 Å². The molecule has 0 aliphatic heterocycles. The molecular weight excluding hydrogens is 188 g/mol. The molecule has 0 aromatic carbocycles. The Balaban J connectivity index is 5.08. The molecule has 2 nitrogen and oxygen atoms in total. The first kappa shape index (κ1) is 10.7. The molecule has 68 valence electrons. The first-order chi connectivity index (χ1) is 4.50. The van der Waals surface area contributed by atoms with Gasteiger partial charge in [-0.2, -0.15) is 21.6 Å². The number of hydrogen-bond acceptors (Lipinski definition) is 2. The Hall–Kier alpha value is -0.330. The van der Waals surface area contributed by atoms with Gasteiger partial charge in [0.25, 0.3) is 0 Å². The van der Waals surface area contributed by atoms with Crippen LogP contribution in [-0.2, 0) is 10.2 Å². The monoisotopic (exact) mass is 194 g/mol. The Morgan fingerprint density at radius 2 is 1.36 bits per heavy atom. The van der Waals surface area contributed by atoms with Crippen LogP contribution in [-0.4, -0.2) is 19.3 Å². The average Bonchev–Trinajstić information content (AvgIpc) is 1.58. The van der Waals surface area contributed by atoms with Crippen LogP contribution in [0.4, 0.5) is 17.1 Å². The van der Waals surface area contributed by atoms with Gasteiger partial charge < -0.3 is 0 Å². The van der Waals surface area contributed by atoms with Gasteiger partial charge in [-0.05, 0) is 13.8 Å². The maximum absolute atomic E-state index is 11.9. The number of halogens is 4. The predicted molar refractivity (Wildman–Crippen MR) is 30.2 cm³/mol. The van der Waals surface area contributed by atoms with Crippen LogP contribution in [0.15, 0.2) is 0 Å². The maximum atomic E-state index is 11.9. The molecule has 11 heavy (non-hydrogen) atoms. The minimum atomic E-state index is -5.59. The van der Waals surface area contributed by atoms with E-state index in [0.29, 0.717) is 0 Å². The maximum Gasteiger partial charge on any atom is 0.410 e. The van der Waals surface area contributed by atoms with Gasteiger partial charge in [-0.1, -0.05) is 0 Å². The second-order valence-corrected chi connectivity index (χ2v) is 4.34. The van der Waals surface area contributed by atoms with Gasteiger partial charge in [0.05, 0.1) is 0 Å². The van der Waals surface area contributed by atoms with Crippen molar-refractivity contribution in [2.45, 2.75) is 24.8 Å². The fraction of sp³-hybridized carbons (Fsp3) is 1.00. The lowest BCUT2D eigenvalue weighted by Gasteiger charge is -2.22. The molecule has 0 radical (unpaired) electrons. The highest BCUT2D eigenvalue weighted by Gasteiger charge is 2.57. The van der Waals surface area contributed by atoms with Gasteiger partial charge in [-0.15, -0.1) is 3.89 Å². The summed E-state index contributed by atoms with van der Waals surface area (Å²) >= 11 is 0. The summed E-state index contributed by atoms with van der Waals surface area (Å²) in [5.74, 6) is 0. The van der Waals surface area contributed by atoms with Crippen LogP contribution in [0.5, 0.6) is 0 Å². The van der Waals surface area contributed by atoms with Crippen LogP contribution in [0.25, 0.3) is 0 Å². The van der Waals surface area contributed by atoms with E-state index in [1.807, 2.05) is 0 Å². The highest BCUT2D eigenvalue weighted by Crippen LogP contribution is 2.36. The summed E-state index contributed by atoms with van der Waals surface area (Å²) < 4.78 is 63.6. The first-order valence-electron chi connectivity index (χ1n) is 2.51. The Kier molecular flexibility index (Phi) is 2.26. The van der Waals surface area contributed by atoms with Crippen molar-refractivity contribution in [1.29, 1.82) is 0 Å². The molecule has 0 fully saturated rings. The molecule has 0 spiro atoms. The molecule has 0 atom stereocenters. The average molecular weight is 194 g/mol. The molecule has 0 unspecified atom stereocenters. The molecule has 0 N–H and O–H groups in total. The first-order valence-corrected chi connectivity index (χ1v) is 3.89. The molecular formula is C4H6F4O2S. The third kappa shape index (κ3) is 1.82. The number of alkyl halides is 3. The number of hydrogen-bond donors (Lipinski definition) is 0. The molecule has 0 saturated heterocycles. The van der Waals surface area contributed by atoms with Crippen LogP contribution in [0.3, 0.4) is 0 Å². The highest BCUT2D eigenvalue weighted by molar-refractivity contribution is 7.87. The van der Waals surface area contributed by atoms with Gasteiger partial charge in [0.1, 0.15) is 0 Å². The van der Waals surface area contributed by atoms with Crippen molar-refractivity contribution in [3.05, 3.63) is 0 Å². The summed E-state index contributed by atoms with van der Waals surface area (Å²) in [5.41, 5.74) is 0. The van der Waals surface area contributed by atoms with E-state index in [4.69, 9.17) is 0 Å². The van der Waals surface area contributed by atoms with Crippen LogP contribution < -0.4 is 0 Å². The molecule has 0 aromatic heterocycles. The van der Waals surface area contributed by atoms with Crippen LogP contribution in [0, 0.1) is 0 Å². The van der Waals surface area contributed by atoms with Gasteiger partial charge in [0.15, 0.2) is 4.75 Å². The zero-order valence-electron chi connectivity index (χ0n) is 5.74. The Morgan fingerprint density at radius 3 is 1.36 bits per heavy atom. The fourth-order valence-electron chi connectivity index (χ4n) is 0.138. The van der Waals surface area contributed by atoms with Crippen molar-refractivity contribution < 1.29 is 25.5 Å². The lowest BCUT2D eigenvalue weighted by molar-refractivity contribution is -0.153. The minimum Gasteiger partial charge on any atom is -0.194 e. The summed E-state index contributed by atoms with van der Waals surface area (Å²) in [6, 6.07) is 0. The summed E-state index contributed by atoms with van der Waals surface area (Å²) in [7, 11) is -5.59. The quantitative estimate of drug-likeness (QED) is 0.469. The van der Waals surface area contributed by atoms with E-state index >= 15 is 0 Å². The third-order valence-electron chi connectivity index (χ3n) is 1.29. The lowest BCUT2D eigenvalue weighted by Crippen LogP contribution is -2.44. The smallest absolute Gasteiger partial charge is 0.194 e. The predicted octanol–water partition coefficient (Wildman–Crippen LogP) is 1.63. The SMILES string of the molecule is CC(C)(C(F)(F)F)S(=O)(=O)F. The van der Waals surface area contributed by atoms with Crippen molar-refractivity contribution in [2.24, 2.45) is 0 Å². The molecule has 0 rings (SSSR count). The minimum absolute atomic E-state index is 0.266. The molecule has 0 aliphatic carbocycles. The Labute approximate surface area is 61.4 Å². The standard InChI is InChI=1S/C4H6F4O2S/c1-3(2,4(5,6)7)11(8,9)10/h1-2H3. The third-order valence-corrected chi connectivity index (χ3v) is 2.74. The molecule has 7 heteroatoms. The molecule has 0 amide bonds. The molecule has 0 aromatic rings. The topological polar surface area (TPSA) is 34.1 Å². The summed E-state index contributed by atoms with van der Waals surface area (Å²) in [5, 5.41) is 0. The zero-order valence-corrected chi connectivity index (χ0v) is 6.55. The van der Waals surface area contributed by atoms with E-state index in [2.05, 4.69) is 0 Å². The van der Waals surface area contributed by atoms with Crippen molar-refractivity contribution in [3.8, 4) is 0 Å². The van der Waals surface area contributed by atoms with Gasteiger partial charge in [-0.25, -0.2) is 0 Å². The van der Waals surface area contributed by atoms with Gasteiger partial charge in [0, 0.05) is 0 Å². The molecule has 0 bridgehead atoms. The fourth-order valence-corrected chi connectivity index (χ4v) is 0.415. The molecule has 0 saturated carbocycles. The van der Waals surface area contributed by atoms with E-state index < -0.39 is 21.1 Å². The highest BCUT2D eigenvalue weighted by atomic mass is 32.3. The van der Waals surface area contributed by atoms with E-state index in [-0.39, 0.29) is 13.8 Å². The summed E-state index contributed by atoms with van der Waals surface area (Å²) in [4.78, 5) is 0. The Bertz CT molecular complexity index is 237. The summed E-state index contributed by atoms with van der Waals surface area (Å²) in [6.07, 6.45) is -5.08. The van der Waals surface area contributed by atoms with Crippen molar-refractivity contribution in [2.75, 3.05) is 0 Å². The van der Waals surface area contributed by atoms with Crippen molar-refractivity contribution in [3.63, 3.8) is 0 Å². The second kappa shape index (κ2) is 2.33. The van der Waals surface area contributed by atoms with Gasteiger partial charge in [0.2, 0.25) is 0 Å².